The minimum atomic E-state index is -0.847. The second-order valence-corrected chi connectivity index (χ2v) is 3.64. The van der Waals surface area contributed by atoms with Crippen molar-refractivity contribution in [2.75, 3.05) is 0 Å². The first-order chi connectivity index (χ1) is 9.02. The van der Waals surface area contributed by atoms with E-state index in [-0.39, 0.29) is 16.9 Å². The topological polar surface area (TPSA) is 121 Å². The molecule has 0 radical (unpaired) electrons. The summed E-state index contributed by atoms with van der Waals surface area (Å²) in [6, 6.07) is 4.74. The number of benzene rings is 1. The Labute approximate surface area is 106 Å². The molecule has 2 N–H and O–H groups in total. The molecule has 8 nitrogen and oxygen atoms in total. The van der Waals surface area contributed by atoms with Gasteiger partial charge in [-0.25, -0.2) is 4.79 Å². The molecule has 0 aliphatic carbocycles. The molecular weight excluding hydrogens is 252 g/mol. The highest BCUT2D eigenvalue weighted by Crippen LogP contribution is 2.24. The summed E-state index contributed by atoms with van der Waals surface area (Å²) in [4.78, 5) is 32.0. The molecule has 1 heterocycles. The molecule has 0 saturated carbocycles. The van der Waals surface area contributed by atoms with E-state index >= 15 is 0 Å². The molecule has 2 aromatic rings. The van der Waals surface area contributed by atoms with Crippen molar-refractivity contribution in [3.8, 4) is 11.3 Å². The number of hydrogen-bond donors (Lipinski definition) is 1. The van der Waals surface area contributed by atoms with Gasteiger partial charge < -0.3 is 5.73 Å². The summed E-state index contributed by atoms with van der Waals surface area (Å²) in [6.07, 6.45) is 1.67. The molecule has 2 rings (SSSR count). The highest BCUT2D eigenvalue weighted by atomic mass is 16.6. The van der Waals surface area contributed by atoms with Gasteiger partial charge in [-0.05, 0) is 0 Å². The Hall–Kier alpha value is -3.03. The van der Waals surface area contributed by atoms with E-state index in [0.717, 1.165) is 4.68 Å². The molecule has 1 aromatic carbocycles. The first kappa shape index (κ1) is 12.4. The van der Waals surface area contributed by atoms with Gasteiger partial charge in [-0.3, -0.25) is 14.9 Å². The van der Waals surface area contributed by atoms with E-state index in [2.05, 4.69) is 5.10 Å². The Kier molecular flexibility index (Phi) is 3.06. The molecule has 0 aliphatic heterocycles. The smallest absolute Gasteiger partial charge is 0.339 e. The number of carbonyl (C=O) groups is 2. The predicted molar refractivity (Wildman–Crippen MR) is 64.7 cm³/mol. The van der Waals surface area contributed by atoms with Crippen LogP contribution in [0.2, 0.25) is 0 Å². The first-order valence-corrected chi connectivity index (χ1v) is 5.12. The van der Waals surface area contributed by atoms with E-state index in [1.807, 2.05) is 0 Å². The number of aromatic nitrogens is 2. The molecule has 0 spiro atoms. The number of hydrogen-bond acceptors (Lipinski definition) is 5. The van der Waals surface area contributed by atoms with Gasteiger partial charge in [-0.2, -0.15) is 9.78 Å². The molecule has 0 unspecified atom stereocenters. The molecule has 1 aromatic heterocycles. The van der Waals surface area contributed by atoms with E-state index in [1.165, 1.54) is 24.4 Å². The summed E-state index contributed by atoms with van der Waals surface area (Å²) in [5, 5.41) is 14.5. The van der Waals surface area contributed by atoms with E-state index in [4.69, 9.17) is 5.73 Å². The van der Waals surface area contributed by atoms with Crippen LogP contribution in [0.15, 0.2) is 30.5 Å². The second kappa shape index (κ2) is 4.69. The Morgan fingerprint density at radius 3 is 2.79 bits per heavy atom. The van der Waals surface area contributed by atoms with Crippen LogP contribution >= 0.6 is 0 Å². The normalized spacial score (nSPS) is 10.1. The highest BCUT2D eigenvalue weighted by Gasteiger charge is 2.15. The molecule has 0 fully saturated rings. The summed E-state index contributed by atoms with van der Waals surface area (Å²) in [6.45, 7) is 0. The van der Waals surface area contributed by atoms with E-state index in [9.17, 15) is 19.7 Å². The van der Waals surface area contributed by atoms with E-state index in [0.29, 0.717) is 11.8 Å². The SMILES string of the molecule is NC(=O)n1cc(C=O)c(-c2cccc([N+](=O)[O-])c2)n1. The molecule has 0 atom stereocenters. The maximum Gasteiger partial charge on any atom is 0.339 e. The lowest BCUT2D eigenvalue weighted by Gasteiger charge is -1.98. The van der Waals surface area contributed by atoms with Crippen LogP contribution in [0.3, 0.4) is 0 Å². The number of nitro benzene ring substituents is 1. The first-order valence-electron chi connectivity index (χ1n) is 5.12. The zero-order chi connectivity index (χ0) is 14.0. The van der Waals surface area contributed by atoms with Crippen LogP contribution in [0.1, 0.15) is 10.4 Å². The molecular formula is C11H8N4O4. The van der Waals surface area contributed by atoms with Crippen LogP contribution < -0.4 is 5.73 Å². The van der Waals surface area contributed by atoms with Crippen molar-refractivity contribution >= 4 is 18.0 Å². The molecule has 96 valence electrons. The number of amides is 1. The Bertz CT molecular complexity index is 677. The average molecular weight is 260 g/mol. The third kappa shape index (κ3) is 2.32. The highest BCUT2D eigenvalue weighted by molar-refractivity contribution is 5.87. The number of rotatable bonds is 3. The number of nitro groups is 1. The van der Waals surface area contributed by atoms with Gasteiger partial charge in [0.25, 0.3) is 5.69 Å². The van der Waals surface area contributed by atoms with Gasteiger partial charge in [0.2, 0.25) is 0 Å². The standard InChI is InChI=1S/C11H8N4O4/c12-11(17)14-5-8(6-16)10(13-14)7-2-1-3-9(4-7)15(18)19/h1-6H,(H2,12,17). The summed E-state index contributed by atoms with van der Waals surface area (Å²) < 4.78 is 0.803. The molecule has 1 amide bonds. The van der Waals surface area contributed by atoms with Gasteiger partial charge in [0.05, 0.1) is 10.5 Å². The Morgan fingerprint density at radius 2 is 2.21 bits per heavy atom. The fourth-order valence-electron chi connectivity index (χ4n) is 1.58. The minimum absolute atomic E-state index is 0.124. The lowest BCUT2D eigenvalue weighted by Crippen LogP contribution is -2.19. The van der Waals surface area contributed by atoms with Crippen LogP contribution in [-0.2, 0) is 0 Å². The van der Waals surface area contributed by atoms with Gasteiger partial charge in [-0.1, -0.05) is 12.1 Å². The third-order valence-electron chi connectivity index (χ3n) is 2.43. The van der Waals surface area contributed by atoms with Crippen LogP contribution in [0, 0.1) is 10.1 Å². The lowest BCUT2D eigenvalue weighted by molar-refractivity contribution is -0.384. The van der Waals surface area contributed by atoms with Crippen LogP contribution in [0.25, 0.3) is 11.3 Å². The van der Waals surface area contributed by atoms with Crippen molar-refractivity contribution in [2.24, 2.45) is 5.73 Å². The van der Waals surface area contributed by atoms with Gasteiger partial charge in [0.15, 0.2) is 6.29 Å². The zero-order valence-corrected chi connectivity index (χ0v) is 9.52. The number of carbonyl (C=O) groups excluding carboxylic acids is 2. The number of nitrogens with two attached hydrogens (primary N) is 1. The lowest BCUT2D eigenvalue weighted by atomic mass is 10.1. The molecule has 8 heteroatoms. The van der Waals surface area contributed by atoms with Crippen molar-refractivity contribution in [2.45, 2.75) is 0 Å². The number of non-ortho nitro benzene ring substituents is 1. The van der Waals surface area contributed by atoms with Crippen molar-refractivity contribution in [1.29, 1.82) is 0 Å². The largest absolute Gasteiger partial charge is 0.350 e. The summed E-state index contributed by atoms with van der Waals surface area (Å²) in [5.74, 6) is 0. The van der Waals surface area contributed by atoms with Crippen molar-refractivity contribution in [1.82, 2.24) is 9.78 Å². The summed E-state index contributed by atoms with van der Waals surface area (Å²) in [5.41, 5.74) is 5.55. The van der Waals surface area contributed by atoms with E-state index < -0.39 is 11.0 Å². The van der Waals surface area contributed by atoms with Crippen LogP contribution in [0.5, 0.6) is 0 Å². The summed E-state index contributed by atoms with van der Waals surface area (Å²) >= 11 is 0. The average Bonchev–Trinajstić information content (AvgIpc) is 2.83. The van der Waals surface area contributed by atoms with Gasteiger partial charge in [0.1, 0.15) is 5.69 Å². The maximum absolute atomic E-state index is 11.0. The number of aldehydes is 1. The van der Waals surface area contributed by atoms with Gasteiger partial charge >= 0.3 is 6.03 Å². The second-order valence-electron chi connectivity index (χ2n) is 3.64. The van der Waals surface area contributed by atoms with E-state index in [1.54, 1.807) is 6.07 Å². The quantitative estimate of drug-likeness (QED) is 0.504. The van der Waals surface area contributed by atoms with Crippen LogP contribution in [-0.4, -0.2) is 27.0 Å². The molecule has 0 bridgehead atoms. The number of nitrogens with zero attached hydrogens (tertiary/aromatic N) is 3. The monoisotopic (exact) mass is 260 g/mol. The third-order valence-corrected chi connectivity index (χ3v) is 2.43. The predicted octanol–water partition coefficient (Wildman–Crippen LogP) is 1.20. The van der Waals surface area contributed by atoms with Gasteiger partial charge in [-0.15, -0.1) is 0 Å². The van der Waals surface area contributed by atoms with Crippen LogP contribution in [0.4, 0.5) is 10.5 Å². The summed E-state index contributed by atoms with van der Waals surface area (Å²) in [7, 11) is 0. The molecule has 0 aliphatic rings. The number of primary amides is 1. The maximum atomic E-state index is 11.0. The fourth-order valence-corrected chi connectivity index (χ4v) is 1.58. The zero-order valence-electron chi connectivity index (χ0n) is 9.52. The van der Waals surface area contributed by atoms with Crippen molar-refractivity contribution in [3.05, 3.63) is 46.1 Å². The Balaban J connectivity index is 2.57. The van der Waals surface area contributed by atoms with Crippen molar-refractivity contribution < 1.29 is 14.5 Å². The minimum Gasteiger partial charge on any atom is -0.350 e. The van der Waals surface area contributed by atoms with Crippen molar-refractivity contribution in [3.63, 3.8) is 0 Å². The Morgan fingerprint density at radius 1 is 1.47 bits per heavy atom. The van der Waals surface area contributed by atoms with Gasteiger partial charge in [0, 0.05) is 23.9 Å². The molecule has 0 saturated heterocycles. The fraction of sp³-hybridized carbons (Fsp3) is 0. The molecule has 19 heavy (non-hydrogen) atoms.